The summed E-state index contributed by atoms with van der Waals surface area (Å²) < 4.78 is 29.1. The number of aryl methyl sites for hydroxylation is 1. The molecular weight excluding hydrogens is 294 g/mol. The minimum absolute atomic E-state index is 0.0587. The largest absolute Gasteiger partial charge is 0.480 e. The van der Waals surface area contributed by atoms with Gasteiger partial charge in [-0.1, -0.05) is 13.3 Å². The van der Waals surface area contributed by atoms with E-state index >= 15 is 0 Å². The van der Waals surface area contributed by atoms with Gasteiger partial charge in [-0.15, -0.1) is 0 Å². The summed E-state index contributed by atoms with van der Waals surface area (Å²) in [5, 5.41) is 12.9. The van der Waals surface area contributed by atoms with Crippen LogP contribution in [0.5, 0.6) is 0 Å². The number of nitrogens with zero attached hydrogens (tertiary/aromatic N) is 2. The first-order chi connectivity index (χ1) is 9.72. The molecule has 0 aliphatic heterocycles. The van der Waals surface area contributed by atoms with Gasteiger partial charge < -0.3 is 5.11 Å². The lowest BCUT2D eigenvalue weighted by Gasteiger charge is -2.17. The van der Waals surface area contributed by atoms with Gasteiger partial charge in [0.05, 0.1) is 11.4 Å². The highest BCUT2D eigenvalue weighted by Gasteiger charge is 2.31. The van der Waals surface area contributed by atoms with Crippen LogP contribution in [0.25, 0.3) is 0 Å². The van der Waals surface area contributed by atoms with Crippen LogP contribution in [0.1, 0.15) is 37.6 Å². The predicted octanol–water partition coefficient (Wildman–Crippen LogP) is 1.05. The zero-order chi connectivity index (χ0) is 15.8. The predicted molar refractivity (Wildman–Crippen MR) is 76.5 cm³/mol. The van der Waals surface area contributed by atoms with Crippen LogP contribution in [0.15, 0.2) is 4.90 Å². The van der Waals surface area contributed by atoms with Crippen molar-refractivity contribution in [2.75, 3.05) is 0 Å². The van der Waals surface area contributed by atoms with Gasteiger partial charge in [0.1, 0.15) is 11.4 Å². The van der Waals surface area contributed by atoms with Crippen molar-refractivity contribution in [3.05, 3.63) is 11.4 Å². The molecule has 1 aromatic heterocycles. The second kappa shape index (κ2) is 5.76. The van der Waals surface area contributed by atoms with Gasteiger partial charge in [-0.05, 0) is 32.6 Å². The van der Waals surface area contributed by atoms with Crippen molar-refractivity contribution in [2.45, 2.75) is 57.5 Å². The molecular formula is C13H21N3O4S. The minimum Gasteiger partial charge on any atom is -0.480 e. The number of carboxylic acid groups (broad SMARTS) is 1. The summed E-state index contributed by atoms with van der Waals surface area (Å²) in [6.07, 6.45) is 2.87. The van der Waals surface area contributed by atoms with Crippen molar-refractivity contribution >= 4 is 16.0 Å². The summed E-state index contributed by atoms with van der Waals surface area (Å²) in [5.41, 5.74) is 0.681. The molecule has 2 unspecified atom stereocenters. The number of nitrogens with one attached hydrogen (secondary N) is 1. The fourth-order valence-corrected chi connectivity index (χ4v) is 4.72. The smallest absolute Gasteiger partial charge is 0.325 e. The van der Waals surface area contributed by atoms with Gasteiger partial charge in [0.15, 0.2) is 0 Å². The van der Waals surface area contributed by atoms with Gasteiger partial charge >= 0.3 is 5.97 Å². The maximum atomic E-state index is 12.6. The Kier molecular flexibility index (Phi) is 4.38. The Morgan fingerprint density at radius 2 is 2.10 bits per heavy atom. The van der Waals surface area contributed by atoms with Crippen molar-refractivity contribution in [2.24, 2.45) is 5.92 Å². The maximum absolute atomic E-state index is 12.6. The second-order valence-electron chi connectivity index (χ2n) is 5.69. The molecule has 0 saturated heterocycles. The lowest BCUT2D eigenvalue weighted by Crippen LogP contribution is -2.36. The van der Waals surface area contributed by atoms with Crippen LogP contribution in [0.4, 0.5) is 0 Å². The molecule has 2 N–H and O–H groups in total. The molecule has 21 heavy (non-hydrogen) atoms. The highest BCUT2D eigenvalue weighted by molar-refractivity contribution is 7.89. The Bertz CT molecular complexity index is 651. The lowest BCUT2D eigenvalue weighted by atomic mass is 10.1. The molecule has 7 nitrogen and oxygen atoms in total. The van der Waals surface area contributed by atoms with Crippen molar-refractivity contribution in [3.8, 4) is 0 Å². The normalized spacial score (nSPS) is 22.6. The first-order valence-electron chi connectivity index (χ1n) is 7.00. The third-order valence-corrected chi connectivity index (χ3v) is 5.78. The SMILES string of the molecule is Cc1nn(CC(=O)O)c(C)c1S(=O)(=O)NC1CCCC1C. The quantitative estimate of drug-likeness (QED) is 0.846. The molecule has 1 aliphatic carbocycles. The number of hydrogen-bond acceptors (Lipinski definition) is 4. The number of carboxylic acids is 1. The fourth-order valence-electron chi connectivity index (χ4n) is 2.93. The van der Waals surface area contributed by atoms with Crippen LogP contribution in [-0.4, -0.2) is 35.3 Å². The number of aromatic nitrogens is 2. The van der Waals surface area contributed by atoms with Gasteiger partial charge in [-0.2, -0.15) is 5.10 Å². The van der Waals surface area contributed by atoms with Crippen LogP contribution in [-0.2, 0) is 21.4 Å². The molecule has 2 rings (SSSR count). The van der Waals surface area contributed by atoms with E-state index in [1.165, 1.54) is 4.68 Å². The van der Waals surface area contributed by atoms with Crippen LogP contribution in [0.2, 0.25) is 0 Å². The first-order valence-corrected chi connectivity index (χ1v) is 8.49. The molecule has 0 bridgehead atoms. The molecule has 8 heteroatoms. The molecule has 2 atom stereocenters. The molecule has 1 fully saturated rings. The summed E-state index contributed by atoms with van der Waals surface area (Å²) in [4.78, 5) is 10.9. The van der Waals surface area contributed by atoms with E-state index in [4.69, 9.17) is 5.11 Å². The van der Waals surface area contributed by atoms with E-state index in [0.29, 0.717) is 17.3 Å². The molecule has 118 valence electrons. The third-order valence-electron chi connectivity index (χ3n) is 4.04. The molecule has 0 spiro atoms. The summed E-state index contributed by atoms with van der Waals surface area (Å²) >= 11 is 0. The number of aliphatic carboxylic acids is 1. The Hall–Kier alpha value is -1.41. The van der Waals surface area contributed by atoms with Gasteiger partial charge in [-0.3, -0.25) is 9.48 Å². The van der Waals surface area contributed by atoms with E-state index < -0.39 is 16.0 Å². The fraction of sp³-hybridized carbons (Fsp3) is 0.692. The summed E-state index contributed by atoms with van der Waals surface area (Å²) in [5.74, 6) is -0.739. The second-order valence-corrected chi connectivity index (χ2v) is 7.34. The topological polar surface area (TPSA) is 101 Å². The zero-order valence-corrected chi connectivity index (χ0v) is 13.3. The maximum Gasteiger partial charge on any atom is 0.325 e. The minimum atomic E-state index is -3.68. The number of hydrogen-bond donors (Lipinski definition) is 2. The Morgan fingerprint density at radius 3 is 2.62 bits per heavy atom. The van der Waals surface area contributed by atoms with Gasteiger partial charge in [0, 0.05) is 6.04 Å². The molecule has 1 aliphatic rings. The lowest BCUT2D eigenvalue weighted by molar-refractivity contribution is -0.137. The Labute approximate surface area is 124 Å². The van der Waals surface area contributed by atoms with Crippen molar-refractivity contribution < 1.29 is 18.3 Å². The van der Waals surface area contributed by atoms with Gasteiger partial charge in [0.2, 0.25) is 10.0 Å². The van der Waals surface area contributed by atoms with Crippen molar-refractivity contribution in [1.82, 2.24) is 14.5 Å². The zero-order valence-electron chi connectivity index (χ0n) is 12.5. The average Bonchev–Trinajstić information content (AvgIpc) is 2.83. The van der Waals surface area contributed by atoms with E-state index in [9.17, 15) is 13.2 Å². The van der Waals surface area contributed by atoms with Gasteiger partial charge in [-0.25, -0.2) is 13.1 Å². The van der Waals surface area contributed by atoms with E-state index in [0.717, 1.165) is 19.3 Å². The average molecular weight is 315 g/mol. The highest BCUT2D eigenvalue weighted by Crippen LogP contribution is 2.27. The molecule has 0 aromatic carbocycles. The van der Waals surface area contributed by atoms with E-state index in [1.807, 2.05) is 6.92 Å². The van der Waals surface area contributed by atoms with E-state index in [-0.39, 0.29) is 17.5 Å². The van der Waals surface area contributed by atoms with Crippen molar-refractivity contribution in [3.63, 3.8) is 0 Å². The Balaban J connectivity index is 2.31. The van der Waals surface area contributed by atoms with Crippen LogP contribution in [0.3, 0.4) is 0 Å². The molecule has 1 heterocycles. The third kappa shape index (κ3) is 3.26. The monoisotopic (exact) mass is 315 g/mol. The first kappa shape index (κ1) is 16.0. The number of rotatable bonds is 5. The number of sulfonamides is 1. The van der Waals surface area contributed by atoms with E-state index in [2.05, 4.69) is 9.82 Å². The molecule has 1 saturated carbocycles. The Morgan fingerprint density at radius 1 is 1.43 bits per heavy atom. The van der Waals surface area contributed by atoms with Crippen molar-refractivity contribution in [1.29, 1.82) is 0 Å². The number of carbonyl (C=O) groups is 1. The summed E-state index contributed by atoms with van der Waals surface area (Å²) in [6, 6.07) is -0.0587. The van der Waals surface area contributed by atoms with Crippen LogP contribution < -0.4 is 4.72 Å². The van der Waals surface area contributed by atoms with E-state index in [1.54, 1.807) is 13.8 Å². The van der Waals surface area contributed by atoms with Gasteiger partial charge in [0.25, 0.3) is 0 Å². The highest BCUT2D eigenvalue weighted by atomic mass is 32.2. The summed E-state index contributed by atoms with van der Waals surface area (Å²) in [7, 11) is -3.68. The summed E-state index contributed by atoms with van der Waals surface area (Å²) in [6.45, 7) is 4.85. The standard InChI is InChI=1S/C13H21N3O4S/c1-8-5-4-6-11(8)15-21(19,20)13-9(2)14-16(10(13)3)7-12(17)18/h8,11,15H,4-7H2,1-3H3,(H,17,18). The van der Waals surface area contributed by atoms with Crippen LogP contribution in [0, 0.1) is 19.8 Å². The van der Waals surface area contributed by atoms with Crippen LogP contribution >= 0.6 is 0 Å². The molecule has 0 amide bonds. The molecule has 0 radical (unpaired) electrons. The molecule has 1 aromatic rings.